The predicted octanol–water partition coefficient (Wildman–Crippen LogP) is 4.82. The number of aromatic nitrogens is 1. The molecule has 2 aliphatic rings. The first-order valence-corrected chi connectivity index (χ1v) is 9.64. The molecule has 0 radical (unpaired) electrons. The summed E-state index contributed by atoms with van der Waals surface area (Å²) >= 11 is 0. The van der Waals surface area contributed by atoms with Crippen LogP contribution in [-0.4, -0.2) is 40.3 Å². The SMILES string of the molecule is C=C(c1cncc(OC2CCCC2)c1)[C@@H]1CCCN1C(=O)OC(C)(C)C. The minimum absolute atomic E-state index is 0.0478. The molecule has 5 nitrogen and oxygen atoms in total. The molecule has 3 rings (SSSR count). The Balaban J connectivity index is 1.70. The average Bonchev–Trinajstić information content (AvgIpc) is 3.24. The molecule has 1 saturated heterocycles. The summed E-state index contributed by atoms with van der Waals surface area (Å²) in [6.45, 7) is 10.6. The van der Waals surface area contributed by atoms with Crippen LogP contribution >= 0.6 is 0 Å². The third-order valence-corrected chi connectivity index (χ3v) is 4.97. The molecule has 1 atom stereocenters. The van der Waals surface area contributed by atoms with Crippen molar-refractivity contribution < 1.29 is 14.3 Å². The molecule has 1 aromatic rings. The van der Waals surface area contributed by atoms with E-state index in [4.69, 9.17) is 9.47 Å². The van der Waals surface area contributed by atoms with Gasteiger partial charge in [0, 0.05) is 18.3 Å². The number of ether oxygens (including phenoxy) is 2. The molecule has 1 saturated carbocycles. The van der Waals surface area contributed by atoms with Crippen molar-refractivity contribution in [3.05, 3.63) is 30.6 Å². The van der Waals surface area contributed by atoms with Gasteiger partial charge in [0.25, 0.3) is 0 Å². The Bertz CT molecular complexity index is 659. The van der Waals surface area contributed by atoms with Crippen LogP contribution in [0.15, 0.2) is 25.0 Å². The van der Waals surface area contributed by atoms with Gasteiger partial charge in [-0.15, -0.1) is 0 Å². The first-order chi connectivity index (χ1) is 12.3. The second-order valence-corrected chi connectivity index (χ2v) is 8.29. The van der Waals surface area contributed by atoms with Crippen molar-refractivity contribution in [2.45, 2.75) is 77.0 Å². The fourth-order valence-corrected chi connectivity index (χ4v) is 3.72. The monoisotopic (exact) mass is 358 g/mol. The third-order valence-electron chi connectivity index (χ3n) is 4.97. The lowest BCUT2D eigenvalue weighted by Gasteiger charge is -2.29. The molecule has 26 heavy (non-hydrogen) atoms. The quantitative estimate of drug-likeness (QED) is 0.774. The lowest BCUT2D eigenvalue weighted by molar-refractivity contribution is 0.0261. The summed E-state index contributed by atoms with van der Waals surface area (Å²) in [4.78, 5) is 18.6. The molecule has 0 N–H and O–H groups in total. The van der Waals surface area contributed by atoms with Gasteiger partial charge < -0.3 is 14.4 Å². The predicted molar refractivity (Wildman–Crippen MR) is 102 cm³/mol. The summed E-state index contributed by atoms with van der Waals surface area (Å²) in [6.07, 6.45) is 10.1. The van der Waals surface area contributed by atoms with Gasteiger partial charge in [-0.3, -0.25) is 4.98 Å². The maximum atomic E-state index is 12.5. The average molecular weight is 358 g/mol. The molecule has 2 fully saturated rings. The van der Waals surface area contributed by atoms with E-state index in [1.54, 1.807) is 17.3 Å². The largest absolute Gasteiger partial charge is 0.489 e. The van der Waals surface area contributed by atoms with Gasteiger partial charge in [0.05, 0.1) is 18.3 Å². The molecule has 0 spiro atoms. The standard InChI is InChI=1S/C21H30N2O3/c1-15(19-10-7-11-23(19)20(24)26-21(2,3)4)16-12-18(14-22-13-16)25-17-8-5-6-9-17/h12-14,17,19H,1,5-11H2,2-4H3/t19-/m0/s1. The zero-order valence-corrected chi connectivity index (χ0v) is 16.2. The van der Waals surface area contributed by atoms with E-state index in [1.807, 2.05) is 26.8 Å². The first-order valence-electron chi connectivity index (χ1n) is 9.64. The van der Waals surface area contributed by atoms with Crippen LogP contribution in [0.1, 0.15) is 64.9 Å². The van der Waals surface area contributed by atoms with Crippen LogP contribution in [0.25, 0.3) is 5.57 Å². The molecule has 2 heterocycles. The van der Waals surface area contributed by atoms with Gasteiger partial charge in [0.1, 0.15) is 11.4 Å². The number of hydrogen-bond donors (Lipinski definition) is 0. The van der Waals surface area contributed by atoms with E-state index in [0.717, 1.165) is 42.6 Å². The van der Waals surface area contributed by atoms with Gasteiger partial charge in [0.2, 0.25) is 0 Å². The van der Waals surface area contributed by atoms with Gasteiger partial charge in [-0.05, 0) is 70.9 Å². The number of hydrogen-bond acceptors (Lipinski definition) is 4. The molecule has 1 amide bonds. The molecule has 1 aliphatic carbocycles. The molecule has 1 aromatic heterocycles. The molecular formula is C21H30N2O3. The fourth-order valence-electron chi connectivity index (χ4n) is 3.72. The van der Waals surface area contributed by atoms with Crippen LogP contribution in [0.5, 0.6) is 5.75 Å². The van der Waals surface area contributed by atoms with Crippen molar-refractivity contribution in [3.8, 4) is 5.75 Å². The fraction of sp³-hybridized carbons (Fsp3) is 0.619. The van der Waals surface area contributed by atoms with Gasteiger partial charge in [0.15, 0.2) is 0 Å². The highest BCUT2D eigenvalue weighted by Crippen LogP contribution is 2.32. The van der Waals surface area contributed by atoms with E-state index in [2.05, 4.69) is 11.6 Å². The topological polar surface area (TPSA) is 51.7 Å². The van der Waals surface area contributed by atoms with Crippen molar-refractivity contribution in [2.75, 3.05) is 6.54 Å². The van der Waals surface area contributed by atoms with Crippen molar-refractivity contribution in [1.82, 2.24) is 9.88 Å². The number of likely N-dealkylation sites (tertiary alicyclic amines) is 1. The summed E-state index contributed by atoms with van der Waals surface area (Å²) in [6, 6.07) is 1.95. The Morgan fingerprint density at radius 3 is 2.62 bits per heavy atom. The third kappa shape index (κ3) is 4.57. The van der Waals surface area contributed by atoms with Gasteiger partial charge in [-0.2, -0.15) is 0 Å². The summed E-state index contributed by atoms with van der Waals surface area (Å²) < 4.78 is 11.6. The first kappa shape index (κ1) is 18.7. The summed E-state index contributed by atoms with van der Waals surface area (Å²) in [7, 11) is 0. The number of nitrogens with zero attached hydrogens (tertiary/aromatic N) is 2. The Hall–Kier alpha value is -2.04. The Labute approximate surface area is 156 Å². The number of carbonyl (C=O) groups is 1. The lowest BCUT2D eigenvalue weighted by atomic mass is 10.00. The van der Waals surface area contributed by atoms with Crippen LogP contribution in [0.4, 0.5) is 4.79 Å². The number of carbonyl (C=O) groups excluding carboxylic acids is 1. The second kappa shape index (κ2) is 7.68. The van der Waals surface area contributed by atoms with Crippen LogP contribution in [0.3, 0.4) is 0 Å². The van der Waals surface area contributed by atoms with Crippen molar-refractivity contribution in [3.63, 3.8) is 0 Å². The zero-order chi connectivity index (χ0) is 18.7. The smallest absolute Gasteiger partial charge is 0.410 e. The minimum Gasteiger partial charge on any atom is -0.489 e. The van der Waals surface area contributed by atoms with Gasteiger partial charge in [-0.25, -0.2) is 4.79 Å². The van der Waals surface area contributed by atoms with E-state index in [9.17, 15) is 4.79 Å². The maximum Gasteiger partial charge on any atom is 0.410 e. The van der Waals surface area contributed by atoms with Gasteiger partial charge >= 0.3 is 6.09 Å². The van der Waals surface area contributed by atoms with E-state index < -0.39 is 5.60 Å². The van der Waals surface area contributed by atoms with Crippen molar-refractivity contribution in [1.29, 1.82) is 0 Å². The van der Waals surface area contributed by atoms with Gasteiger partial charge in [-0.1, -0.05) is 6.58 Å². The summed E-state index contributed by atoms with van der Waals surface area (Å²) in [5.74, 6) is 0.789. The minimum atomic E-state index is -0.498. The molecule has 5 heteroatoms. The summed E-state index contributed by atoms with van der Waals surface area (Å²) in [5, 5.41) is 0. The van der Waals surface area contributed by atoms with Crippen LogP contribution in [-0.2, 0) is 4.74 Å². The molecule has 0 bridgehead atoms. The molecular weight excluding hydrogens is 328 g/mol. The Morgan fingerprint density at radius 1 is 1.19 bits per heavy atom. The Morgan fingerprint density at radius 2 is 1.92 bits per heavy atom. The molecule has 0 aromatic carbocycles. The van der Waals surface area contributed by atoms with Crippen LogP contribution < -0.4 is 4.74 Å². The highest BCUT2D eigenvalue weighted by Gasteiger charge is 2.34. The second-order valence-electron chi connectivity index (χ2n) is 8.29. The number of pyridine rings is 1. The van der Waals surface area contributed by atoms with Crippen LogP contribution in [0.2, 0.25) is 0 Å². The van der Waals surface area contributed by atoms with Crippen molar-refractivity contribution >= 4 is 11.7 Å². The highest BCUT2D eigenvalue weighted by molar-refractivity contribution is 5.76. The molecule has 1 aliphatic heterocycles. The van der Waals surface area contributed by atoms with E-state index in [1.165, 1.54) is 12.8 Å². The van der Waals surface area contributed by atoms with Crippen LogP contribution in [0, 0.1) is 0 Å². The maximum absolute atomic E-state index is 12.5. The lowest BCUT2D eigenvalue weighted by Crippen LogP contribution is -2.40. The normalized spacial score (nSPS) is 21.0. The molecule has 0 unspecified atom stereocenters. The number of rotatable bonds is 4. The van der Waals surface area contributed by atoms with E-state index in [-0.39, 0.29) is 12.1 Å². The summed E-state index contributed by atoms with van der Waals surface area (Å²) in [5.41, 5.74) is 1.33. The van der Waals surface area contributed by atoms with E-state index in [0.29, 0.717) is 12.6 Å². The number of amides is 1. The van der Waals surface area contributed by atoms with Crippen molar-refractivity contribution in [2.24, 2.45) is 0 Å². The van der Waals surface area contributed by atoms with E-state index >= 15 is 0 Å². The Kier molecular flexibility index (Phi) is 5.54. The molecule has 142 valence electrons. The zero-order valence-electron chi connectivity index (χ0n) is 16.2. The highest BCUT2D eigenvalue weighted by atomic mass is 16.6.